The van der Waals surface area contributed by atoms with Gasteiger partial charge in [-0.15, -0.1) is 0 Å². The Morgan fingerprint density at radius 2 is 1.08 bits per heavy atom. The van der Waals surface area contributed by atoms with Crippen LogP contribution in [0.1, 0.15) is 180 Å². The third-order valence-corrected chi connectivity index (χ3v) is 11.5. The summed E-state index contributed by atoms with van der Waals surface area (Å²) in [6, 6.07) is 36.8. The molecule has 6 rings (SSSR count). The summed E-state index contributed by atoms with van der Waals surface area (Å²) < 4.78 is 21.4. The van der Waals surface area contributed by atoms with E-state index >= 15 is 0 Å². The summed E-state index contributed by atoms with van der Waals surface area (Å²) in [5, 5.41) is 0. The van der Waals surface area contributed by atoms with Crippen molar-refractivity contribution in [3.63, 3.8) is 0 Å². The lowest BCUT2D eigenvalue weighted by Crippen LogP contribution is -2.25. The van der Waals surface area contributed by atoms with Gasteiger partial charge >= 0.3 is 0 Å². The minimum atomic E-state index is 0.185. The smallest absolute Gasteiger partial charge is 0.148 e. The van der Waals surface area contributed by atoms with Gasteiger partial charge in [0.05, 0.1) is 24.8 Å². The summed E-state index contributed by atoms with van der Waals surface area (Å²) in [5.74, 6) is 4.69. The molecular weight excluding hydrogens is 945 g/mol. The Balaban J connectivity index is 0.000000482. The molecule has 0 aliphatic rings. The Labute approximate surface area is 473 Å². The third-order valence-electron chi connectivity index (χ3n) is 11.5. The van der Waals surface area contributed by atoms with Crippen LogP contribution >= 0.6 is 0 Å². The van der Waals surface area contributed by atoms with Crippen molar-refractivity contribution in [3.8, 4) is 17.2 Å². The molecule has 0 fully saturated rings. The molecule has 0 spiro atoms. The first-order valence-corrected chi connectivity index (χ1v) is 28.5. The van der Waals surface area contributed by atoms with Crippen molar-refractivity contribution in [3.05, 3.63) is 144 Å². The van der Waals surface area contributed by atoms with E-state index in [9.17, 15) is 0 Å². The Morgan fingerprint density at radius 1 is 0.545 bits per heavy atom. The topological polar surface area (TPSA) is 53.7 Å². The number of para-hydroxylation sites is 4. The highest BCUT2D eigenvalue weighted by Gasteiger charge is 2.19. The van der Waals surface area contributed by atoms with E-state index in [1.807, 2.05) is 48.5 Å². The molecule has 0 N–H and O–H groups in total. The van der Waals surface area contributed by atoms with Gasteiger partial charge in [-0.2, -0.15) is 0 Å². The molecule has 7 nitrogen and oxygen atoms in total. The van der Waals surface area contributed by atoms with E-state index in [1.165, 1.54) is 35.0 Å². The van der Waals surface area contributed by atoms with Crippen LogP contribution in [0.5, 0.6) is 17.2 Å². The average Bonchev–Trinajstić information content (AvgIpc) is 3.92. The highest BCUT2D eigenvalue weighted by molar-refractivity contribution is 5.75. The van der Waals surface area contributed by atoms with Gasteiger partial charge in [0.2, 0.25) is 0 Å². The lowest BCUT2D eigenvalue weighted by atomic mass is 9.86. The molecule has 0 amide bonds. The van der Waals surface area contributed by atoms with Gasteiger partial charge in [0, 0.05) is 32.0 Å². The maximum absolute atomic E-state index is 5.89. The van der Waals surface area contributed by atoms with E-state index < -0.39 is 0 Å². The fraction of sp³-hybridized carbons (Fsp3) is 0.586. The number of ether oxygens (including phenoxy) is 3. The van der Waals surface area contributed by atoms with E-state index in [0.29, 0.717) is 33.7 Å². The van der Waals surface area contributed by atoms with Crippen LogP contribution in [0, 0.1) is 52.3 Å². The van der Waals surface area contributed by atoms with Crippen molar-refractivity contribution in [1.82, 2.24) is 19.0 Å². The number of imidazole rings is 1. The van der Waals surface area contributed by atoms with Crippen LogP contribution in [0.2, 0.25) is 0 Å². The van der Waals surface area contributed by atoms with Crippen LogP contribution in [0.25, 0.3) is 11.0 Å². The number of hydrogen-bond acceptors (Lipinski definition) is 5. The van der Waals surface area contributed by atoms with Crippen LogP contribution in [0.15, 0.2) is 122 Å². The molecule has 2 aromatic heterocycles. The second-order valence-electron chi connectivity index (χ2n) is 28.9. The molecule has 6 aromatic rings. The largest absolute Gasteiger partial charge is 0.497 e. The van der Waals surface area contributed by atoms with Crippen molar-refractivity contribution in [2.75, 3.05) is 34.4 Å². The summed E-state index contributed by atoms with van der Waals surface area (Å²) in [6.45, 7) is 53.8. The quantitative estimate of drug-likeness (QED) is 0.115. The van der Waals surface area contributed by atoms with Gasteiger partial charge in [0.25, 0.3) is 0 Å². The standard InChI is InChI=1S/C19H22N2O.C14H22O.C12H18O.C10H17N.C8H18.C7H17N/c1-19(2,3)14-21-17-12-8-7-11-16(17)20-18(21)13-22-15-9-5-4-6-10-15;1-11-7-6-8-12(2)13(11)15-10-9-14(3,4)5;1-12(2,3)9-10-6-5-7-11(8-10)13-4;1-10(2,3)6-9-11-7-4-5-8-11;1-7(2)6-8(3,4)5;1-7(2,3)6-8(4)5/h4-12H,13-14H2,1-3H3;6-8H,9-10H2,1-5H3;5-8H,9H2,1-4H3;4-5,7-8H,6,9H2,1-3H3;7H,6H2,1-5H3;6H2,1-5H3. The first-order valence-electron chi connectivity index (χ1n) is 28.5. The van der Waals surface area contributed by atoms with Gasteiger partial charge in [-0.05, 0) is 157 Å². The average molecular weight is 1060 g/mol. The lowest BCUT2D eigenvalue weighted by Gasteiger charge is -2.22. The SMILES string of the molecule is CC(C)(C)CCn1cccc1.CC(C)(C)Cn1c(COc2ccccc2)nc2ccccc21.CC(C)CC(C)(C)C.CN(C)CC(C)(C)C.COc1cccc(CC(C)(C)C)c1.Cc1cccc(C)c1OCCC(C)(C)C. The fourth-order valence-electron chi connectivity index (χ4n) is 8.59. The molecule has 77 heavy (non-hydrogen) atoms. The molecule has 0 radical (unpaired) electrons. The predicted molar refractivity (Wildman–Crippen MR) is 337 cm³/mol. The van der Waals surface area contributed by atoms with Crippen molar-refractivity contribution >= 4 is 11.0 Å². The van der Waals surface area contributed by atoms with Gasteiger partial charge in [-0.25, -0.2) is 4.98 Å². The first-order chi connectivity index (χ1) is 35.3. The number of aromatic nitrogens is 3. The van der Waals surface area contributed by atoms with Crippen LogP contribution in [-0.2, 0) is 26.1 Å². The van der Waals surface area contributed by atoms with Gasteiger partial charge in [0.15, 0.2) is 0 Å². The van der Waals surface area contributed by atoms with E-state index in [2.05, 4.69) is 254 Å². The van der Waals surface area contributed by atoms with Crippen molar-refractivity contribution in [1.29, 1.82) is 0 Å². The number of hydrogen-bond donors (Lipinski definition) is 0. The minimum absolute atomic E-state index is 0.185. The molecule has 0 saturated heterocycles. The summed E-state index contributed by atoms with van der Waals surface area (Å²) in [4.78, 5) is 6.96. The van der Waals surface area contributed by atoms with E-state index in [4.69, 9.17) is 19.2 Å². The highest BCUT2D eigenvalue weighted by atomic mass is 16.5. The van der Waals surface area contributed by atoms with Crippen LogP contribution in [-0.4, -0.2) is 53.4 Å². The van der Waals surface area contributed by atoms with Crippen LogP contribution in [0.4, 0.5) is 0 Å². The van der Waals surface area contributed by atoms with Gasteiger partial charge in [0.1, 0.15) is 29.7 Å². The summed E-state index contributed by atoms with van der Waals surface area (Å²) in [5.41, 5.74) is 8.28. The molecule has 2 heterocycles. The highest BCUT2D eigenvalue weighted by Crippen LogP contribution is 2.28. The molecule has 0 aliphatic heterocycles. The molecule has 432 valence electrons. The van der Waals surface area contributed by atoms with Crippen molar-refractivity contribution in [2.45, 2.75) is 198 Å². The van der Waals surface area contributed by atoms with E-state index in [-0.39, 0.29) is 5.41 Å². The number of aryl methyl sites for hydroxylation is 3. The molecule has 7 heteroatoms. The van der Waals surface area contributed by atoms with E-state index in [0.717, 1.165) is 73.6 Å². The van der Waals surface area contributed by atoms with Gasteiger partial charge in [-0.3, -0.25) is 0 Å². The number of benzene rings is 4. The van der Waals surface area contributed by atoms with Crippen LogP contribution in [0.3, 0.4) is 0 Å². The van der Waals surface area contributed by atoms with Gasteiger partial charge < -0.3 is 28.2 Å². The first kappa shape index (κ1) is 70.0. The minimum Gasteiger partial charge on any atom is -0.497 e. The Morgan fingerprint density at radius 3 is 1.53 bits per heavy atom. The normalized spacial score (nSPS) is 11.9. The second-order valence-corrected chi connectivity index (χ2v) is 28.9. The zero-order chi connectivity index (χ0) is 58.8. The number of rotatable bonds is 13. The molecule has 0 aliphatic carbocycles. The van der Waals surface area contributed by atoms with Gasteiger partial charge in [-0.1, -0.05) is 199 Å². The zero-order valence-electron chi connectivity index (χ0n) is 54.0. The number of nitrogens with zero attached hydrogens (tertiary/aromatic N) is 4. The van der Waals surface area contributed by atoms with Crippen molar-refractivity contribution in [2.24, 2.45) is 38.4 Å². The Kier molecular flexibility index (Phi) is 29.8. The molecule has 0 saturated carbocycles. The summed E-state index contributed by atoms with van der Waals surface area (Å²) in [6.07, 6.45) is 8.97. The summed E-state index contributed by atoms with van der Waals surface area (Å²) >= 11 is 0. The lowest BCUT2D eigenvalue weighted by molar-refractivity contribution is 0.241. The monoisotopic (exact) mass is 1060 g/mol. The molecular formula is C70H114N4O3. The molecule has 4 aromatic carbocycles. The molecule has 0 bridgehead atoms. The second kappa shape index (κ2) is 32.8. The zero-order valence-corrected chi connectivity index (χ0v) is 54.0. The predicted octanol–water partition coefficient (Wildman–Crippen LogP) is 19.7. The maximum atomic E-state index is 5.89. The maximum Gasteiger partial charge on any atom is 0.148 e. The molecule has 0 unspecified atom stereocenters. The number of fused-ring (bicyclic) bond motifs is 1. The van der Waals surface area contributed by atoms with Crippen molar-refractivity contribution < 1.29 is 14.2 Å². The Bertz CT molecular complexity index is 2420. The van der Waals surface area contributed by atoms with E-state index in [1.54, 1.807) is 7.11 Å². The molecule has 0 atom stereocenters. The van der Waals surface area contributed by atoms with Crippen LogP contribution < -0.4 is 14.2 Å². The Hall–Kier alpha value is -5.01. The number of methoxy groups -OCH3 is 1. The summed E-state index contributed by atoms with van der Waals surface area (Å²) in [7, 11) is 5.91. The fourth-order valence-corrected chi connectivity index (χ4v) is 8.59. The third kappa shape index (κ3) is 35.9.